The largest absolute Gasteiger partial charge is 0.382 e. The van der Waals surface area contributed by atoms with Gasteiger partial charge in [-0.1, -0.05) is 30.3 Å². The van der Waals surface area contributed by atoms with Gasteiger partial charge in [-0.05, 0) is 45.1 Å². The molecule has 0 N–H and O–H groups in total. The lowest BCUT2D eigenvalue weighted by molar-refractivity contribution is -0.138. The van der Waals surface area contributed by atoms with Gasteiger partial charge in [-0.25, -0.2) is 0 Å². The van der Waals surface area contributed by atoms with Gasteiger partial charge in [0.2, 0.25) is 5.91 Å². The number of ether oxygens (including phenoxy) is 1. The Bertz CT molecular complexity index is 432. The van der Waals surface area contributed by atoms with Crippen LogP contribution in [0.3, 0.4) is 0 Å². The predicted octanol–water partition coefficient (Wildman–Crippen LogP) is 3.95. The highest BCUT2D eigenvalue weighted by Crippen LogP contribution is 2.34. The molecular formula is C18H27NO2. The molecule has 0 saturated carbocycles. The number of likely N-dealkylation sites (tertiary alicyclic amines) is 1. The normalized spacial score (nSPS) is 22.3. The number of carbonyl (C=O) groups is 1. The first-order chi connectivity index (χ1) is 10.2. The lowest BCUT2D eigenvalue weighted by atomic mass is 9.91. The summed E-state index contributed by atoms with van der Waals surface area (Å²) in [6.07, 6.45) is 4.79. The first kappa shape index (κ1) is 16.0. The van der Waals surface area contributed by atoms with Gasteiger partial charge in [0.25, 0.3) is 0 Å². The number of carbonyl (C=O) groups excluding carboxylic acids is 1. The van der Waals surface area contributed by atoms with Gasteiger partial charge >= 0.3 is 0 Å². The number of piperidine rings is 1. The molecule has 21 heavy (non-hydrogen) atoms. The topological polar surface area (TPSA) is 29.5 Å². The maximum Gasteiger partial charge on any atom is 0.223 e. The Labute approximate surface area is 128 Å². The van der Waals surface area contributed by atoms with Crippen molar-refractivity contribution in [3.8, 4) is 0 Å². The van der Waals surface area contributed by atoms with E-state index in [1.54, 1.807) is 0 Å². The fraction of sp³-hybridized carbons (Fsp3) is 0.611. The summed E-state index contributed by atoms with van der Waals surface area (Å²) in [4.78, 5) is 14.7. The molecule has 1 saturated heterocycles. The number of amides is 1. The van der Waals surface area contributed by atoms with Gasteiger partial charge in [-0.15, -0.1) is 0 Å². The SMILES string of the molecule is CCOCCCC(=O)N1[C@H](C)CCC[C@H]1c1ccccc1. The van der Waals surface area contributed by atoms with Crippen molar-refractivity contribution < 1.29 is 9.53 Å². The predicted molar refractivity (Wildman–Crippen MR) is 85.1 cm³/mol. The van der Waals surface area contributed by atoms with Gasteiger partial charge in [0.15, 0.2) is 0 Å². The standard InChI is InChI=1S/C18H27NO2/c1-3-21-14-8-13-18(20)19-15(2)9-7-12-17(19)16-10-5-4-6-11-16/h4-6,10-11,15,17H,3,7-9,12-14H2,1-2H3/t15-,17+/m1/s1. The molecule has 0 bridgehead atoms. The van der Waals surface area contributed by atoms with Crippen molar-refractivity contribution >= 4 is 5.91 Å². The van der Waals surface area contributed by atoms with Crippen molar-refractivity contribution in [3.05, 3.63) is 35.9 Å². The third-order valence-electron chi connectivity index (χ3n) is 4.27. The lowest BCUT2D eigenvalue weighted by Crippen LogP contribution is -2.44. The highest BCUT2D eigenvalue weighted by molar-refractivity contribution is 5.77. The molecule has 2 atom stereocenters. The van der Waals surface area contributed by atoms with E-state index in [0.29, 0.717) is 19.1 Å². The van der Waals surface area contributed by atoms with Crippen LogP contribution in [0, 0.1) is 0 Å². The van der Waals surface area contributed by atoms with Crippen LogP contribution in [0.15, 0.2) is 30.3 Å². The summed E-state index contributed by atoms with van der Waals surface area (Å²) in [7, 11) is 0. The van der Waals surface area contributed by atoms with Gasteiger partial charge < -0.3 is 9.64 Å². The second kappa shape index (κ2) is 8.18. The average molecular weight is 289 g/mol. The molecule has 2 rings (SSSR count). The van der Waals surface area contributed by atoms with Crippen LogP contribution >= 0.6 is 0 Å². The molecule has 3 nitrogen and oxygen atoms in total. The smallest absolute Gasteiger partial charge is 0.223 e. The monoisotopic (exact) mass is 289 g/mol. The molecule has 0 aromatic heterocycles. The van der Waals surface area contributed by atoms with Crippen molar-refractivity contribution in [1.29, 1.82) is 0 Å². The lowest BCUT2D eigenvalue weighted by Gasteiger charge is -2.41. The van der Waals surface area contributed by atoms with Crippen molar-refractivity contribution in [3.63, 3.8) is 0 Å². The van der Waals surface area contributed by atoms with Crippen molar-refractivity contribution in [1.82, 2.24) is 4.90 Å². The Balaban J connectivity index is 2.03. The fourth-order valence-electron chi connectivity index (χ4n) is 3.21. The van der Waals surface area contributed by atoms with Crippen LogP contribution in [0.1, 0.15) is 57.6 Å². The van der Waals surface area contributed by atoms with Crippen LogP contribution in [0.4, 0.5) is 0 Å². The minimum atomic E-state index is 0.245. The quantitative estimate of drug-likeness (QED) is 0.742. The van der Waals surface area contributed by atoms with E-state index in [1.807, 2.05) is 13.0 Å². The summed E-state index contributed by atoms with van der Waals surface area (Å²) in [5, 5.41) is 0. The van der Waals surface area contributed by atoms with E-state index >= 15 is 0 Å². The fourth-order valence-corrected chi connectivity index (χ4v) is 3.21. The van der Waals surface area contributed by atoms with Crippen LogP contribution in [0.25, 0.3) is 0 Å². The van der Waals surface area contributed by atoms with Gasteiger partial charge in [-0.3, -0.25) is 4.79 Å². The highest BCUT2D eigenvalue weighted by Gasteiger charge is 2.32. The van der Waals surface area contributed by atoms with Crippen LogP contribution in [-0.4, -0.2) is 30.1 Å². The molecule has 1 amide bonds. The van der Waals surface area contributed by atoms with Crippen LogP contribution in [-0.2, 0) is 9.53 Å². The van der Waals surface area contributed by atoms with Gasteiger partial charge in [0.1, 0.15) is 0 Å². The molecule has 0 aliphatic carbocycles. The maximum absolute atomic E-state index is 12.6. The summed E-state index contributed by atoms with van der Waals surface area (Å²) in [6, 6.07) is 11.0. The van der Waals surface area contributed by atoms with E-state index in [2.05, 4.69) is 36.1 Å². The number of rotatable bonds is 6. The van der Waals surface area contributed by atoms with Crippen molar-refractivity contribution in [2.75, 3.05) is 13.2 Å². The minimum absolute atomic E-state index is 0.245. The Hall–Kier alpha value is -1.35. The second-order valence-corrected chi connectivity index (χ2v) is 5.81. The van der Waals surface area contributed by atoms with E-state index in [1.165, 1.54) is 12.0 Å². The molecule has 0 unspecified atom stereocenters. The number of benzene rings is 1. The number of hydrogen-bond donors (Lipinski definition) is 0. The molecule has 0 radical (unpaired) electrons. The number of hydrogen-bond acceptors (Lipinski definition) is 2. The summed E-state index contributed by atoms with van der Waals surface area (Å²) in [5.74, 6) is 0.274. The average Bonchev–Trinajstić information content (AvgIpc) is 2.52. The third-order valence-corrected chi connectivity index (χ3v) is 4.27. The third kappa shape index (κ3) is 4.31. The van der Waals surface area contributed by atoms with Crippen molar-refractivity contribution in [2.24, 2.45) is 0 Å². The van der Waals surface area contributed by atoms with E-state index in [0.717, 1.165) is 25.9 Å². The number of nitrogens with zero attached hydrogens (tertiary/aromatic N) is 1. The Kier molecular flexibility index (Phi) is 6.24. The van der Waals surface area contributed by atoms with Gasteiger partial charge in [-0.2, -0.15) is 0 Å². The molecular weight excluding hydrogens is 262 g/mol. The van der Waals surface area contributed by atoms with E-state index < -0.39 is 0 Å². The molecule has 3 heteroatoms. The Morgan fingerprint density at radius 3 is 2.76 bits per heavy atom. The minimum Gasteiger partial charge on any atom is -0.382 e. The van der Waals surface area contributed by atoms with E-state index in [4.69, 9.17) is 4.74 Å². The summed E-state index contributed by atoms with van der Waals surface area (Å²) in [5.41, 5.74) is 1.27. The summed E-state index contributed by atoms with van der Waals surface area (Å²) < 4.78 is 5.34. The van der Waals surface area contributed by atoms with Gasteiger partial charge in [0, 0.05) is 25.7 Å². The molecule has 1 aromatic rings. The van der Waals surface area contributed by atoms with Crippen LogP contribution in [0.2, 0.25) is 0 Å². The highest BCUT2D eigenvalue weighted by atomic mass is 16.5. The second-order valence-electron chi connectivity index (χ2n) is 5.81. The Morgan fingerprint density at radius 2 is 2.05 bits per heavy atom. The van der Waals surface area contributed by atoms with E-state index in [-0.39, 0.29) is 11.9 Å². The van der Waals surface area contributed by atoms with Crippen LogP contribution in [0.5, 0.6) is 0 Å². The molecule has 1 aliphatic rings. The Morgan fingerprint density at radius 1 is 1.29 bits per heavy atom. The van der Waals surface area contributed by atoms with Gasteiger partial charge in [0.05, 0.1) is 6.04 Å². The molecule has 1 heterocycles. The first-order valence-electron chi connectivity index (χ1n) is 8.18. The zero-order chi connectivity index (χ0) is 15.1. The molecule has 116 valence electrons. The van der Waals surface area contributed by atoms with Crippen LogP contribution < -0.4 is 0 Å². The summed E-state index contributed by atoms with van der Waals surface area (Å²) in [6.45, 7) is 5.57. The zero-order valence-electron chi connectivity index (χ0n) is 13.3. The zero-order valence-corrected chi connectivity index (χ0v) is 13.3. The van der Waals surface area contributed by atoms with Crippen molar-refractivity contribution in [2.45, 2.75) is 58.0 Å². The molecule has 1 aromatic carbocycles. The maximum atomic E-state index is 12.6. The summed E-state index contributed by atoms with van der Waals surface area (Å²) >= 11 is 0. The molecule has 0 spiro atoms. The van der Waals surface area contributed by atoms with E-state index in [9.17, 15) is 4.79 Å². The molecule has 1 aliphatic heterocycles. The molecule has 1 fully saturated rings. The first-order valence-corrected chi connectivity index (χ1v) is 8.18.